The second kappa shape index (κ2) is 6.59. The first-order chi connectivity index (χ1) is 14.9. The van der Waals surface area contributed by atoms with Crippen LogP contribution in [-0.2, 0) is 4.79 Å². The standard InChI is InChI=1S/C22H21N5O3S/c23-18-17(8-12-1-3-16(4-2-12)27(29)30)19(28)24-21-26(18)25-20(31-21)22-9-13-5-14(10-22)7-15(6-13)11-22/h1-4,8,13-15,23H,5-7,9-11H2/b17-8+,23-18?. The average Bonchev–Trinajstić information content (AvgIpc) is 3.15. The van der Waals surface area contributed by atoms with E-state index < -0.39 is 10.8 Å². The van der Waals surface area contributed by atoms with Gasteiger partial charge in [0.2, 0.25) is 5.17 Å². The molecule has 0 radical (unpaired) electrons. The Morgan fingerprint density at radius 2 is 1.74 bits per heavy atom. The Bertz CT molecular complexity index is 1090. The van der Waals surface area contributed by atoms with Crippen molar-refractivity contribution in [3.05, 3.63) is 45.5 Å². The van der Waals surface area contributed by atoms with E-state index in [4.69, 9.17) is 10.5 Å². The third-order valence-corrected chi connectivity index (χ3v) is 8.52. The number of hydrogen-bond donors (Lipinski definition) is 1. The molecule has 1 amide bonds. The molecule has 1 aromatic carbocycles. The molecule has 0 unspecified atom stereocenters. The van der Waals surface area contributed by atoms with E-state index in [9.17, 15) is 14.9 Å². The minimum atomic E-state index is -0.469. The van der Waals surface area contributed by atoms with Crippen LogP contribution in [0.3, 0.4) is 0 Å². The molecule has 4 fully saturated rings. The number of nitro groups is 1. The second-order valence-electron chi connectivity index (χ2n) is 9.47. The highest BCUT2D eigenvalue weighted by molar-refractivity contribution is 8.27. The van der Waals surface area contributed by atoms with Crippen molar-refractivity contribution < 1.29 is 9.72 Å². The molecule has 2 aliphatic heterocycles. The first-order valence-corrected chi connectivity index (χ1v) is 11.5. The van der Waals surface area contributed by atoms with Gasteiger partial charge in [-0.1, -0.05) is 0 Å². The van der Waals surface area contributed by atoms with Crippen LogP contribution in [0.5, 0.6) is 0 Å². The molecular formula is C22H21N5O3S. The van der Waals surface area contributed by atoms with E-state index in [0.29, 0.717) is 10.7 Å². The lowest BCUT2D eigenvalue weighted by atomic mass is 9.50. The molecular weight excluding hydrogens is 414 g/mol. The van der Waals surface area contributed by atoms with Crippen LogP contribution >= 0.6 is 11.8 Å². The van der Waals surface area contributed by atoms with E-state index >= 15 is 0 Å². The summed E-state index contributed by atoms with van der Waals surface area (Å²) >= 11 is 1.47. The number of rotatable bonds is 3. The van der Waals surface area contributed by atoms with Gasteiger partial charge in [-0.15, -0.1) is 0 Å². The summed E-state index contributed by atoms with van der Waals surface area (Å²) in [7, 11) is 0. The van der Waals surface area contributed by atoms with Gasteiger partial charge >= 0.3 is 0 Å². The number of nitrogens with one attached hydrogen (secondary N) is 1. The molecule has 4 saturated carbocycles. The molecule has 1 N–H and O–H groups in total. The predicted octanol–water partition coefficient (Wildman–Crippen LogP) is 4.43. The Kier molecular flexibility index (Phi) is 4.02. The van der Waals surface area contributed by atoms with E-state index in [1.807, 2.05) is 0 Å². The molecule has 1 aromatic rings. The Hall–Kier alpha value is -2.81. The lowest BCUT2D eigenvalue weighted by Gasteiger charge is -2.56. The number of hydrogen-bond acceptors (Lipinski definition) is 6. The van der Waals surface area contributed by atoms with Gasteiger partial charge in [0, 0.05) is 17.5 Å². The molecule has 0 atom stereocenters. The summed E-state index contributed by atoms with van der Waals surface area (Å²) in [6.07, 6.45) is 9.09. The van der Waals surface area contributed by atoms with Gasteiger partial charge in [-0.05, 0) is 91.8 Å². The molecule has 2 heterocycles. The molecule has 8 nitrogen and oxygen atoms in total. The van der Waals surface area contributed by atoms with Gasteiger partial charge in [0.05, 0.1) is 10.5 Å². The molecule has 0 spiro atoms. The fourth-order valence-corrected chi connectivity index (χ4v) is 7.55. The minimum Gasteiger partial charge on any atom is -0.282 e. The number of amides is 1. The van der Waals surface area contributed by atoms with Crippen LogP contribution in [0.1, 0.15) is 44.1 Å². The smallest absolute Gasteiger partial charge is 0.282 e. The van der Waals surface area contributed by atoms with E-state index in [1.54, 1.807) is 18.2 Å². The number of nitro benzene ring substituents is 1. The highest BCUT2D eigenvalue weighted by atomic mass is 32.2. The van der Waals surface area contributed by atoms with Crippen LogP contribution in [0, 0.1) is 38.7 Å². The number of amidine groups is 2. The van der Waals surface area contributed by atoms with Crippen LogP contribution in [0.25, 0.3) is 6.08 Å². The van der Waals surface area contributed by atoms with Crippen molar-refractivity contribution in [2.24, 2.45) is 33.3 Å². The number of hydrazone groups is 1. The van der Waals surface area contributed by atoms with Crippen LogP contribution < -0.4 is 0 Å². The third-order valence-electron chi connectivity index (χ3n) is 7.36. The summed E-state index contributed by atoms with van der Waals surface area (Å²) in [5, 5.41) is 27.3. The lowest BCUT2D eigenvalue weighted by molar-refractivity contribution is -0.384. The highest BCUT2D eigenvalue weighted by Gasteiger charge is 2.55. The SMILES string of the molecule is N=C1/C(=C\c2ccc([N+](=O)[O-])cc2)C(=O)N=C2SC(C34CC5CC(CC(C5)C3)C4)=NN12. The first kappa shape index (κ1) is 18.9. The number of nitrogens with zero attached hydrogens (tertiary/aromatic N) is 4. The molecule has 9 heteroatoms. The summed E-state index contributed by atoms with van der Waals surface area (Å²) in [6.45, 7) is 0. The number of aliphatic imine (C=N–C) groups is 1. The molecule has 0 aromatic heterocycles. The fourth-order valence-electron chi connectivity index (χ4n) is 6.44. The highest BCUT2D eigenvalue weighted by Crippen LogP contribution is 2.62. The Morgan fingerprint density at radius 1 is 1.13 bits per heavy atom. The molecule has 4 bridgehead atoms. The number of fused-ring (bicyclic) bond motifs is 1. The number of thioether (sulfide) groups is 1. The van der Waals surface area contributed by atoms with Crippen molar-refractivity contribution in [2.45, 2.75) is 38.5 Å². The summed E-state index contributed by atoms with van der Waals surface area (Å²) in [5.41, 5.74) is 0.821. The van der Waals surface area contributed by atoms with Crippen LogP contribution in [0.15, 0.2) is 39.9 Å². The average molecular weight is 436 g/mol. The van der Waals surface area contributed by atoms with Crippen molar-refractivity contribution in [1.29, 1.82) is 5.41 Å². The fraction of sp³-hybridized carbons (Fsp3) is 0.455. The maximum Gasteiger partial charge on any atom is 0.283 e. The van der Waals surface area contributed by atoms with E-state index in [2.05, 4.69) is 4.99 Å². The molecule has 6 aliphatic rings. The van der Waals surface area contributed by atoms with Crippen molar-refractivity contribution in [1.82, 2.24) is 5.01 Å². The van der Waals surface area contributed by atoms with Crippen LogP contribution in [-0.4, -0.2) is 31.9 Å². The number of non-ortho nitro benzene ring substituents is 1. The predicted molar refractivity (Wildman–Crippen MR) is 119 cm³/mol. The lowest BCUT2D eigenvalue weighted by Crippen LogP contribution is -2.49. The number of benzene rings is 1. The van der Waals surface area contributed by atoms with Gasteiger partial charge in [0.15, 0.2) is 5.84 Å². The first-order valence-electron chi connectivity index (χ1n) is 10.7. The maximum absolute atomic E-state index is 12.7. The zero-order valence-corrected chi connectivity index (χ0v) is 17.6. The maximum atomic E-state index is 12.7. The molecule has 0 saturated heterocycles. The van der Waals surface area contributed by atoms with E-state index in [0.717, 1.165) is 22.8 Å². The third kappa shape index (κ3) is 2.97. The molecule has 7 rings (SSSR count). The number of carbonyl (C=O) groups excluding carboxylic acids is 1. The Balaban J connectivity index is 1.30. The summed E-state index contributed by atoms with van der Waals surface area (Å²) in [5.74, 6) is 1.90. The van der Waals surface area contributed by atoms with E-state index in [1.165, 1.54) is 67.4 Å². The van der Waals surface area contributed by atoms with Crippen molar-refractivity contribution in [3.63, 3.8) is 0 Å². The molecule has 4 aliphatic carbocycles. The van der Waals surface area contributed by atoms with Gasteiger partial charge in [-0.25, -0.2) is 0 Å². The van der Waals surface area contributed by atoms with Gasteiger partial charge in [0.25, 0.3) is 11.6 Å². The van der Waals surface area contributed by atoms with Crippen molar-refractivity contribution in [3.8, 4) is 0 Å². The summed E-state index contributed by atoms with van der Waals surface area (Å²) in [4.78, 5) is 27.3. The van der Waals surface area contributed by atoms with Gasteiger partial charge in [-0.3, -0.25) is 20.3 Å². The van der Waals surface area contributed by atoms with Crippen molar-refractivity contribution in [2.75, 3.05) is 0 Å². The van der Waals surface area contributed by atoms with Gasteiger partial charge in [-0.2, -0.15) is 15.1 Å². The number of carbonyl (C=O) groups is 1. The zero-order chi connectivity index (χ0) is 21.3. The zero-order valence-electron chi connectivity index (χ0n) is 16.8. The van der Waals surface area contributed by atoms with Gasteiger partial charge in [0.1, 0.15) is 5.04 Å². The normalized spacial score (nSPS) is 34.8. The monoisotopic (exact) mass is 435 g/mol. The van der Waals surface area contributed by atoms with E-state index in [-0.39, 0.29) is 22.5 Å². The Labute approximate surface area is 183 Å². The summed E-state index contributed by atoms with van der Waals surface area (Å²) < 4.78 is 0. The largest absolute Gasteiger partial charge is 0.283 e. The molecule has 158 valence electrons. The van der Waals surface area contributed by atoms with Gasteiger partial charge < -0.3 is 0 Å². The van der Waals surface area contributed by atoms with Crippen molar-refractivity contribution >= 4 is 45.5 Å². The summed E-state index contributed by atoms with van der Waals surface area (Å²) in [6, 6.07) is 5.89. The quantitative estimate of drug-likeness (QED) is 0.429. The Morgan fingerprint density at radius 3 is 2.32 bits per heavy atom. The second-order valence-corrected chi connectivity index (χ2v) is 10.4. The topological polar surface area (TPSA) is 112 Å². The van der Waals surface area contributed by atoms with Crippen LogP contribution in [0.2, 0.25) is 0 Å². The van der Waals surface area contributed by atoms with Crippen LogP contribution in [0.4, 0.5) is 5.69 Å². The minimum absolute atomic E-state index is 0.0144. The molecule has 31 heavy (non-hydrogen) atoms.